The van der Waals surface area contributed by atoms with Crippen LogP contribution in [0.1, 0.15) is 55.7 Å². The highest BCUT2D eigenvalue weighted by Gasteiger charge is 2.31. The zero-order valence-corrected chi connectivity index (χ0v) is 21.8. The third kappa shape index (κ3) is 7.97. The number of nitrogens with zero attached hydrogens (tertiary/aromatic N) is 4. The number of benzene rings is 1. The predicted octanol–water partition coefficient (Wildman–Crippen LogP) is 2.46. The van der Waals surface area contributed by atoms with Crippen molar-refractivity contribution in [2.75, 3.05) is 32.8 Å². The van der Waals surface area contributed by atoms with Gasteiger partial charge in [-0.2, -0.15) is 0 Å². The Kier molecular flexibility index (Phi) is 10.1. The third-order valence-corrected chi connectivity index (χ3v) is 5.87. The number of carboxylic acids is 1. The van der Waals surface area contributed by atoms with Gasteiger partial charge in [0, 0.05) is 30.8 Å². The first-order valence-corrected chi connectivity index (χ1v) is 12.5. The summed E-state index contributed by atoms with van der Waals surface area (Å²) >= 11 is 0. The molecule has 2 amide bonds. The number of carbonyl (C=O) groups excluding carboxylic acids is 3. The van der Waals surface area contributed by atoms with E-state index in [1.807, 2.05) is 44.2 Å². The van der Waals surface area contributed by atoms with Gasteiger partial charge in [-0.15, -0.1) is 5.06 Å². The lowest BCUT2D eigenvalue weighted by Crippen LogP contribution is -2.55. The van der Waals surface area contributed by atoms with E-state index in [0.29, 0.717) is 11.5 Å². The molecule has 38 heavy (non-hydrogen) atoms. The molecule has 0 unspecified atom stereocenters. The summed E-state index contributed by atoms with van der Waals surface area (Å²) in [5.74, 6) is -1.70. The molecule has 2 N–H and O–H groups in total. The topological polar surface area (TPSA) is 151 Å². The number of carbonyl (C=O) groups is 4. The van der Waals surface area contributed by atoms with Crippen molar-refractivity contribution in [2.24, 2.45) is 0 Å². The maximum atomic E-state index is 13.3. The molecule has 2 heterocycles. The first kappa shape index (κ1) is 28.5. The number of aromatic nitrogens is 2. The van der Waals surface area contributed by atoms with Crippen LogP contribution in [0.15, 0.2) is 36.4 Å². The molecule has 1 atom stereocenters. The molecular formula is C26H33N5O7. The highest BCUT2D eigenvalue weighted by atomic mass is 16.8. The van der Waals surface area contributed by atoms with Crippen molar-refractivity contribution >= 4 is 23.9 Å². The van der Waals surface area contributed by atoms with Crippen LogP contribution in [0.2, 0.25) is 0 Å². The minimum absolute atomic E-state index is 0.0181. The fraction of sp³-hybridized carbons (Fsp3) is 0.462. The minimum atomic E-state index is -1.08. The fourth-order valence-electron chi connectivity index (χ4n) is 3.82. The van der Waals surface area contributed by atoms with E-state index in [9.17, 15) is 24.3 Å². The minimum Gasteiger partial charge on any atom is -0.481 e. The molecule has 2 aromatic rings. The maximum Gasteiger partial charge on any atom is 0.527 e. The second-order valence-corrected chi connectivity index (χ2v) is 9.01. The van der Waals surface area contributed by atoms with Crippen LogP contribution in [0.25, 0.3) is 11.4 Å². The SMILES string of the molecule is CCOC(=O)ON1CCN(C(=O)[C@H](CCC(=O)O)NC(=O)c2cc(C(C)C)nc(-c3ccccc3)n2)CC1. The molecule has 3 rings (SSSR count). The number of rotatable bonds is 10. The van der Waals surface area contributed by atoms with E-state index in [2.05, 4.69) is 15.3 Å². The molecule has 0 spiro atoms. The standard InChI is InChI=1S/C26H33N5O7/c1-4-37-26(36)38-31-14-12-30(13-15-31)25(35)19(10-11-22(32)33)29-24(34)21-16-20(17(2)3)27-23(28-21)18-8-6-5-7-9-18/h5-9,16-17,19H,4,10-15H2,1-3H3,(H,29,34)(H,32,33)/t19-/m0/s1. The Morgan fingerprint density at radius 3 is 2.34 bits per heavy atom. The number of hydrogen-bond acceptors (Lipinski definition) is 9. The first-order valence-electron chi connectivity index (χ1n) is 12.5. The van der Waals surface area contributed by atoms with Crippen LogP contribution in [0, 0.1) is 0 Å². The van der Waals surface area contributed by atoms with Crippen LogP contribution < -0.4 is 5.32 Å². The van der Waals surface area contributed by atoms with Gasteiger partial charge in [0.2, 0.25) is 5.91 Å². The number of hydrogen-bond donors (Lipinski definition) is 2. The molecule has 0 aliphatic carbocycles. The molecule has 12 heteroatoms. The maximum absolute atomic E-state index is 13.3. The molecule has 1 aliphatic rings. The summed E-state index contributed by atoms with van der Waals surface area (Å²) in [5, 5.41) is 13.3. The largest absolute Gasteiger partial charge is 0.527 e. The highest BCUT2D eigenvalue weighted by molar-refractivity contribution is 5.96. The first-order chi connectivity index (χ1) is 18.2. The van der Waals surface area contributed by atoms with Crippen LogP contribution in [-0.4, -0.2) is 87.8 Å². The Balaban J connectivity index is 1.75. The van der Waals surface area contributed by atoms with Gasteiger partial charge in [-0.05, 0) is 25.3 Å². The van der Waals surface area contributed by atoms with Crippen molar-refractivity contribution < 1.29 is 33.9 Å². The van der Waals surface area contributed by atoms with E-state index in [1.165, 1.54) is 9.96 Å². The van der Waals surface area contributed by atoms with Crippen molar-refractivity contribution in [3.63, 3.8) is 0 Å². The van der Waals surface area contributed by atoms with Crippen molar-refractivity contribution in [3.8, 4) is 11.4 Å². The van der Waals surface area contributed by atoms with Gasteiger partial charge in [-0.1, -0.05) is 44.2 Å². The lowest BCUT2D eigenvalue weighted by molar-refractivity contribution is -0.157. The molecule has 0 bridgehead atoms. The summed E-state index contributed by atoms with van der Waals surface area (Å²) in [5.41, 5.74) is 1.49. The molecule has 1 aromatic heterocycles. The molecular weight excluding hydrogens is 494 g/mol. The van der Waals surface area contributed by atoms with Gasteiger partial charge in [0.1, 0.15) is 11.7 Å². The lowest BCUT2D eigenvalue weighted by atomic mass is 10.1. The monoisotopic (exact) mass is 527 g/mol. The number of piperazine rings is 1. The van der Waals surface area contributed by atoms with Gasteiger partial charge in [-0.25, -0.2) is 14.8 Å². The number of carboxylic acid groups (broad SMARTS) is 1. The normalized spacial score (nSPS) is 14.6. The predicted molar refractivity (Wildman–Crippen MR) is 136 cm³/mol. The zero-order valence-electron chi connectivity index (χ0n) is 21.8. The van der Waals surface area contributed by atoms with Gasteiger partial charge in [0.15, 0.2) is 5.82 Å². The average molecular weight is 528 g/mol. The third-order valence-electron chi connectivity index (χ3n) is 5.87. The molecule has 0 radical (unpaired) electrons. The van der Waals surface area contributed by atoms with E-state index >= 15 is 0 Å². The van der Waals surface area contributed by atoms with E-state index in [-0.39, 0.29) is 57.2 Å². The summed E-state index contributed by atoms with van der Waals surface area (Å²) in [6.07, 6.45) is -1.22. The Labute approximate surface area is 220 Å². The molecule has 0 saturated carbocycles. The van der Waals surface area contributed by atoms with Crippen LogP contribution in [0.3, 0.4) is 0 Å². The van der Waals surface area contributed by atoms with E-state index < -0.39 is 30.0 Å². The van der Waals surface area contributed by atoms with Crippen LogP contribution >= 0.6 is 0 Å². The second kappa shape index (κ2) is 13.5. The number of ether oxygens (including phenoxy) is 1. The molecule has 1 saturated heterocycles. The van der Waals surface area contributed by atoms with Crippen LogP contribution in [0.4, 0.5) is 4.79 Å². The summed E-state index contributed by atoms with van der Waals surface area (Å²) in [6, 6.07) is 9.74. The molecule has 1 fully saturated rings. The summed E-state index contributed by atoms with van der Waals surface area (Å²) in [6.45, 7) is 6.67. The summed E-state index contributed by atoms with van der Waals surface area (Å²) in [7, 11) is 0. The number of amides is 2. The number of nitrogens with one attached hydrogen (secondary N) is 1. The zero-order chi connectivity index (χ0) is 27.7. The highest BCUT2D eigenvalue weighted by Crippen LogP contribution is 2.20. The molecule has 204 valence electrons. The Morgan fingerprint density at radius 1 is 1.05 bits per heavy atom. The smallest absolute Gasteiger partial charge is 0.481 e. The van der Waals surface area contributed by atoms with Gasteiger partial charge >= 0.3 is 12.1 Å². The van der Waals surface area contributed by atoms with Crippen LogP contribution in [-0.2, 0) is 19.2 Å². The molecule has 1 aromatic carbocycles. The Hall–Kier alpha value is -4.06. The van der Waals surface area contributed by atoms with Gasteiger partial charge in [-0.3, -0.25) is 14.4 Å². The lowest BCUT2D eigenvalue weighted by Gasteiger charge is -2.35. The summed E-state index contributed by atoms with van der Waals surface area (Å²) < 4.78 is 4.76. The fourth-order valence-corrected chi connectivity index (χ4v) is 3.82. The van der Waals surface area contributed by atoms with Gasteiger partial charge < -0.3 is 24.9 Å². The Bertz CT molecular complexity index is 1130. The second-order valence-electron chi connectivity index (χ2n) is 9.01. The Morgan fingerprint density at radius 2 is 1.74 bits per heavy atom. The van der Waals surface area contributed by atoms with Crippen molar-refractivity contribution in [3.05, 3.63) is 47.8 Å². The molecule has 12 nitrogen and oxygen atoms in total. The van der Waals surface area contributed by atoms with Gasteiger partial charge in [0.05, 0.1) is 19.7 Å². The van der Waals surface area contributed by atoms with Gasteiger partial charge in [0.25, 0.3) is 5.91 Å². The average Bonchev–Trinajstić information content (AvgIpc) is 2.91. The van der Waals surface area contributed by atoms with Crippen molar-refractivity contribution in [1.82, 2.24) is 25.2 Å². The van der Waals surface area contributed by atoms with Crippen molar-refractivity contribution in [2.45, 2.75) is 45.6 Å². The van der Waals surface area contributed by atoms with Crippen molar-refractivity contribution in [1.29, 1.82) is 0 Å². The molecule has 1 aliphatic heterocycles. The van der Waals surface area contributed by atoms with Crippen LogP contribution in [0.5, 0.6) is 0 Å². The van der Waals surface area contributed by atoms with E-state index in [1.54, 1.807) is 13.0 Å². The summed E-state index contributed by atoms with van der Waals surface area (Å²) in [4.78, 5) is 65.0. The number of hydroxylamine groups is 2. The van der Waals surface area contributed by atoms with E-state index in [0.717, 1.165) is 5.56 Å². The van der Waals surface area contributed by atoms with E-state index in [4.69, 9.17) is 9.57 Å². The quantitative estimate of drug-likeness (QED) is 0.441. The number of aliphatic carboxylic acids is 1.